The van der Waals surface area contributed by atoms with E-state index in [-0.39, 0.29) is 5.75 Å². The molecular weight excluding hydrogens is 218 g/mol. The van der Waals surface area contributed by atoms with Gasteiger partial charge >= 0.3 is 0 Å². The van der Waals surface area contributed by atoms with Gasteiger partial charge in [0.2, 0.25) is 11.8 Å². The van der Waals surface area contributed by atoms with Gasteiger partial charge in [0, 0.05) is 12.0 Å². The lowest BCUT2D eigenvalue weighted by Gasteiger charge is -2.25. The molecule has 17 heavy (non-hydrogen) atoms. The van der Waals surface area contributed by atoms with E-state index in [9.17, 15) is 5.11 Å². The number of nitrogens with one attached hydrogen (secondary N) is 1. The first kappa shape index (κ1) is 10.3. The largest absolute Gasteiger partial charge is 0.508 e. The standard InChI is InChI=1S/C12H13N3O2/c16-10-3-1-9(2-4-10)12-15-14-11(17-12)5-8-6-13-7-8/h1-4,8,13,16H,5-7H2. The molecule has 0 amide bonds. The van der Waals surface area contributed by atoms with Crippen molar-refractivity contribution in [3.05, 3.63) is 30.2 Å². The van der Waals surface area contributed by atoms with Crippen LogP contribution in [0.2, 0.25) is 0 Å². The highest BCUT2D eigenvalue weighted by atomic mass is 16.4. The van der Waals surface area contributed by atoms with Crippen molar-refractivity contribution in [3.63, 3.8) is 0 Å². The van der Waals surface area contributed by atoms with Crippen molar-refractivity contribution in [2.24, 2.45) is 5.92 Å². The zero-order valence-corrected chi connectivity index (χ0v) is 9.26. The van der Waals surface area contributed by atoms with Crippen molar-refractivity contribution in [1.29, 1.82) is 0 Å². The fraction of sp³-hybridized carbons (Fsp3) is 0.333. The highest BCUT2D eigenvalue weighted by Gasteiger charge is 2.20. The fourth-order valence-corrected chi connectivity index (χ4v) is 1.80. The summed E-state index contributed by atoms with van der Waals surface area (Å²) in [7, 11) is 0. The Morgan fingerprint density at radius 2 is 2.00 bits per heavy atom. The number of phenols is 1. The molecular formula is C12H13N3O2. The van der Waals surface area contributed by atoms with Crippen LogP contribution in [0, 0.1) is 5.92 Å². The van der Waals surface area contributed by atoms with Crippen LogP contribution in [0.15, 0.2) is 28.7 Å². The third kappa shape index (κ3) is 2.14. The van der Waals surface area contributed by atoms with E-state index in [2.05, 4.69) is 15.5 Å². The molecule has 1 aliphatic heterocycles. The van der Waals surface area contributed by atoms with Gasteiger partial charge < -0.3 is 14.8 Å². The minimum Gasteiger partial charge on any atom is -0.508 e. The van der Waals surface area contributed by atoms with Gasteiger partial charge in [-0.2, -0.15) is 0 Å². The molecule has 0 atom stereocenters. The van der Waals surface area contributed by atoms with E-state index in [0.717, 1.165) is 25.1 Å². The minimum absolute atomic E-state index is 0.231. The van der Waals surface area contributed by atoms with Crippen LogP contribution in [0.4, 0.5) is 0 Å². The van der Waals surface area contributed by atoms with E-state index in [4.69, 9.17) is 4.42 Å². The molecule has 5 nitrogen and oxygen atoms in total. The van der Waals surface area contributed by atoms with Gasteiger partial charge in [0.05, 0.1) is 0 Å². The molecule has 88 valence electrons. The van der Waals surface area contributed by atoms with Gasteiger partial charge in [-0.15, -0.1) is 10.2 Å². The molecule has 0 saturated carbocycles. The predicted molar refractivity (Wildman–Crippen MR) is 61.5 cm³/mol. The van der Waals surface area contributed by atoms with Crippen molar-refractivity contribution >= 4 is 0 Å². The van der Waals surface area contributed by atoms with Crippen LogP contribution in [0.1, 0.15) is 5.89 Å². The molecule has 1 aromatic carbocycles. The summed E-state index contributed by atoms with van der Waals surface area (Å²) < 4.78 is 5.58. The maximum absolute atomic E-state index is 9.19. The zero-order chi connectivity index (χ0) is 11.7. The number of phenolic OH excluding ortho intramolecular Hbond substituents is 1. The molecule has 0 aliphatic carbocycles. The Morgan fingerprint density at radius 1 is 1.24 bits per heavy atom. The lowest BCUT2D eigenvalue weighted by Crippen LogP contribution is -2.43. The van der Waals surface area contributed by atoms with Crippen molar-refractivity contribution in [2.75, 3.05) is 13.1 Å². The van der Waals surface area contributed by atoms with E-state index in [0.29, 0.717) is 17.7 Å². The van der Waals surface area contributed by atoms with Crippen LogP contribution in [-0.2, 0) is 6.42 Å². The molecule has 2 N–H and O–H groups in total. The zero-order valence-electron chi connectivity index (χ0n) is 9.26. The third-order valence-electron chi connectivity index (χ3n) is 2.91. The van der Waals surface area contributed by atoms with Gasteiger partial charge in [-0.25, -0.2) is 0 Å². The summed E-state index contributed by atoms with van der Waals surface area (Å²) in [6.07, 6.45) is 0.831. The van der Waals surface area contributed by atoms with E-state index in [1.165, 1.54) is 0 Å². The second-order valence-corrected chi connectivity index (χ2v) is 4.28. The third-order valence-corrected chi connectivity index (χ3v) is 2.91. The van der Waals surface area contributed by atoms with Crippen LogP contribution in [0.5, 0.6) is 5.75 Å². The molecule has 1 aromatic heterocycles. The van der Waals surface area contributed by atoms with Gasteiger partial charge in [-0.05, 0) is 43.3 Å². The molecule has 2 heterocycles. The van der Waals surface area contributed by atoms with Crippen LogP contribution < -0.4 is 5.32 Å². The first-order valence-corrected chi connectivity index (χ1v) is 5.64. The Balaban J connectivity index is 1.76. The number of hydrogen-bond acceptors (Lipinski definition) is 5. The lowest BCUT2D eigenvalue weighted by atomic mass is 10.00. The highest BCUT2D eigenvalue weighted by molar-refractivity contribution is 5.53. The number of aromatic nitrogens is 2. The fourth-order valence-electron chi connectivity index (χ4n) is 1.80. The van der Waals surface area contributed by atoms with Crippen molar-refractivity contribution in [2.45, 2.75) is 6.42 Å². The lowest BCUT2D eigenvalue weighted by molar-refractivity contribution is 0.319. The van der Waals surface area contributed by atoms with Gasteiger partial charge in [0.25, 0.3) is 0 Å². The molecule has 3 rings (SSSR count). The molecule has 0 spiro atoms. The molecule has 1 saturated heterocycles. The molecule has 0 bridgehead atoms. The Bertz CT molecular complexity index is 503. The first-order chi connectivity index (χ1) is 8.31. The predicted octanol–water partition coefficient (Wildman–Crippen LogP) is 1.20. The Hall–Kier alpha value is -1.88. The van der Waals surface area contributed by atoms with Gasteiger partial charge in [0.1, 0.15) is 5.75 Å². The molecule has 5 heteroatoms. The number of aromatic hydroxyl groups is 1. The topological polar surface area (TPSA) is 71.2 Å². The van der Waals surface area contributed by atoms with E-state index in [1.54, 1.807) is 24.3 Å². The average Bonchev–Trinajstić information content (AvgIpc) is 2.73. The van der Waals surface area contributed by atoms with Crippen molar-refractivity contribution in [3.8, 4) is 17.2 Å². The Morgan fingerprint density at radius 3 is 2.65 bits per heavy atom. The molecule has 0 unspecified atom stereocenters. The average molecular weight is 231 g/mol. The molecule has 2 aromatic rings. The minimum atomic E-state index is 0.231. The van der Waals surface area contributed by atoms with E-state index in [1.807, 2.05) is 0 Å². The summed E-state index contributed by atoms with van der Waals surface area (Å²) in [5.41, 5.74) is 0.827. The summed E-state index contributed by atoms with van der Waals surface area (Å²) in [5, 5.41) is 20.4. The van der Waals surface area contributed by atoms with Crippen LogP contribution in [0.3, 0.4) is 0 Å². The van der Waals surface area contributed by atoms with Crippen molar-refractivity contribution < 1.29 is 9.52 Å². The second-order valence-electron chi connectivity index (χ2n) is 4.28. The van der Waals surface area contributed by atoms with Crippen molar-refractivity contribution in [1.82, 2.24) is 15.5 Å². The number of benzene rings is 1. The number of hydrogen-bond donors (Lipinski definition) is 2. The number of rotatable bonds is 3. The maximum Gasteiger partial charge on any atom is 0.247 e. The number of nitrogens with zero attached hydrogens (tertiary/aromatic N) is 2. The van der Waals surface area contributed by atoms with Gasteiger partial charge in [0.15, 0.2) is 0 Å². The SMILES string of the molecule is Oc1ccc(-c2nnc(CC3CNC3)o2)cc1. The monoisotopic (exact) mass is 231 g/mol. The first-order valence-electron chi connectivity index (χ1n) is 5.64. The van der Waals surface area contributed by atoms with Gasteiger partial charge in [-0.1, -0.05) is 0 Å². The second kappa shape index (κ2) is 4.18. The molecule has 1 aliphatic rings. The van der Waals surface area contributed by atoms with Crippen LogP contribution in [0.25, 0.3) is 11.5 Å². The summed E-state index contributed by atoms with van der Waals surface area (Å²) >= 11 is 0. The Kier molecular flexibility index (Phi) is 2.53. The summed E-state index contributed by atoms with van der Waals surface area (Å²) in [4.78, 5) is 0. The van der Waals surface area contributed by atoms with E-state index < -0.39 is 0 Å². The summed E-state index contributed by atoms with van der Waals surface area (Å²) in [6, 6.07) is 6.74. The maximum atomic E-state index is 9.19. The summed E-state index contributed by atoms with van der Waals surface area (Å²) in [5.74, 6) is 2.03. The van der Waals surface area contributed by atoms with Gasteiger partial charge in [-0.3, -0.25) is 0 Å². The highest BCUT2D eigenvalue weighted by Crippen LogP contribution is 2.21. The van der Waals surface area contributed by atoms with Crippen LogP contribution >= 0.6 is 0 Å². The quantitative estimate of drug-likeness (QED) is 0.830. The molecule has 0 radical (unpaired) electrons. The smallest absolute Gasteiger partial charge is 0.247 e. The van der Waals surface area contributed by atoms with Crippen LogP contribution in [-0.4, -0.2) is 28.4 Å². The summed E-state index contributed by atoms with van der Waals surface area (Å²) in [6.45, 7) is 2.05. The molecule has 1 fully saturated rings. The normalized spacial score (nSPS) is 15.8. The Labute approximate surface area is 98.5 Å². The van der Waals surface area contributed by atoms with E-state index >= 15 is 0 Å².